The number of halogens is 1. The highest BCUT2D eigenvalue weighted by Gasteiger charge is 2.31. The van der Waals surface area contributed by atoms with Crippen molar-refractivity contribution in [3.63, 3.8) is 0 Å². The van der Waals surface area contributed by atoms with Crippen molar-refractivity contribution in [3.8, 4) is 0 Å². The van der Waals surface area contributed by atoms with Crippen LogP contribution in [0.5, 0.6) is 0 Å². The summed E-state index contributed by atoms with van der Waals surface area (Å²) in [6.45, 7) is 6.20. The highest BCUT2D eigenvalue weighted by atomic mass is 19.1. The standard InChI is InChI=1S/C34H43F/c1-3-24-5-9-26(10-6-24)28-13-15-30(16-14-28)32-21-22-33(34(35)23-32)31-19-17-29(18-20-31)27-11-7-25(4-2)8-12-27/h3,7-8,11-12,19,21-24,26,28-30H,1,4-6,9-10,13-18,20H2,2H3. The molecule has 0 spiro atoms. The van der Waals surface area contributed by atoms with E-state index in [2.05, 4.69) is 62.1 Å². The normalized spacial score (nSPS) is 29.4. The Bertz CT molecular complexity index is 1010. The van der Waals surface area contributed by atoms with Gasteiger partial charge in [0.15, 0.2) is 0 Å². The summed E-state index contributed by atoms with van der Waals surface area (Å²) in [6, 6.07) is 15.3. The molecule has 0 saturated heterocycles. The molecule has 3 aliphatic carbocycles. The molecule has 2 saturated carbocycles. The van der Waals surface area contributed by atoms with Crippen molar-refractivity contribution >= 4 is 5.57 Å². The number of hydrogen-bond acceptors (Lipinski definition) is 0. The average Bonchev–Trinajstić information content (AvgIpc) is 2.93. The van der Waals surface area contributed by atoms with Crippen molar-refractivity contribution in [2.75, 3.05) is 0 Å². The van der Waals surface area contributed by atoms with Crippen LogP contribution in [-0.4, -0.2) is 0 Å². The van der Waals surface area contributed by atoms with E-state index >= 15 is 4.39 Å². The summed E-state index contributed by atoms with van der Waals surface area (Å²) in [5, 5.41) is 0. The van der Waals surface area contributed by atoms with Gasteiger partial charge in [-0.05, 0) is 135 Å². The van der Waals surface area contributed by atoms with Gasteiger partial charge in [-0.1, -0.05) is 55.5 Å². The van der Waals surface area contributed by atoms with Crippen LogP contribution in [0.3, 0.4) is 0 Å². The molecule has 0 bridgehead atoms. The van der Waals surface area contributed by atoms with Gasteiger partial charge in [-0.3, -0.25) is 0 Å². The van der Waals surface area contributed by atoms with Crippen LogP contribution in [0.15, 0.2) is 61.2 Å². The van der Waals surface area contributed by atoms with Crippen LogP contribution in [-0.2, 0) is 6.42 Å². The molecule has 2 fully saturated rings. The van der Waals surface area contributed by atoms with Gasteiger partial charge in [0.25, 0.3) is 0 Å². The fraction of sp³-hybridized carbons (Fsp3) is 0.529. The number of hydrogen-bond donors (Lipinski definition) is 0. The van der Waals surface area contributed by atoms with Crippen molar-refractivity contribution < 1.29 is 4.39 Å². The molecular weight excluding hydrogens is 427 g/mol. The molecule has 2 aromatic rings. The van der Waals surface area contributed by atoms with E-state index in [1.807, 2.05) is 6.07 Å². The van der Waals surface area contributed by atoms with Crippen molar-refractivity contribution in [1.82, 2.24) is 0 Å². The number of allylic oxidation sites excluding steroid dienone is 3. The van der Waals surface area contributed by atoms with Gasteiger partial charge < -0.3 is 0 Å². The summed E-state index contributed by atoms with van der Waals surface area (Å²) >= 11 is 0. The molecule has 186 valence electrons. The molecule has 1 unspecified atom stereocenters. The van der Waals surface area contributed by atoms with Crippen LogP contribution in [0.2, 0.25) is 0 Å². The Labute approximate surface area is 212 Å². The molecule has 0 radical (unpaired) electrons. The van der Waals surface area contributed by atoms with Crippen molar-refractivity contribution in [3.05, 3.63) is 89.3 Å². The first kappa shape index (κ1) is 24.5. The van der Waals surface area contributed by atoms with Crippen LogP contribution in [0, 0.1) is 23.6 Å². The third kappa shape index (κ3) is 5.65. The van der Waals surface area contributed by atoms with E-state index in [0.29, 0.717) is 11.8 Å². The second-order valence-electron chi connectivity index (χ2n) is 11.6. The third-order valence-electron chi connectivity index (χ3n) is 9.67. The summed E-state index contributed by atoms with van der Waals surface area (Å²) in [5.74, 6) is 3.65. The first-order valence-corrected chi connectivity index (χ1v) is 14.3. The lowest BCUT2D eigenvalue weighted by Crippen LogP contribution is -2.25. The van der Waals surface area contributed by atoms with E-state index in [4.69, 9.17) is 0 Å². The van der Waals surface area contributed by atoms with Gasteiger partial charge >= 0.3 is 0 Å². The van der Waals surface area contributed by atoms with Gasteiger partial charge in [0.2, 0.25) is 0 Å². The monoisotopic (exact) mass is 470 g/mol. The number of benzene rings is 2. The molecule has 0 amide bonds. The Kier molecular flexibility index (Phi) is 7.91. The first-order chi connectivity index (χ1) is 17.1. The molecule has 0 heterocycles. The highest BCUT2D eigenvalue weighted by molar-refractivity contribution is 5.67. The maximum absolute atomic E-state index is 15.3. The minimum atomic E-state index is -0.00984. The Balaban J connectivity index is 1.17. The van der Waals surface area contributed by atoms with Crippen molar-refractivity contribution in [2.24, 2.45) is 17.8 Å². The maximum Gasteiger partial charge on any atom is 0.130 e. The van der Waals surface area contributed by atoms with Gasteiger partial charge in [-0.15, -0.1) is 6.58 Å². The molecule has 35 heavy (non-hydrogen) atoms. The quantitative estimate of drug-likeness (QED) is 0.368. The Morgan fingerprint density at radius 2 is 1.46 bits per heavy atom. The predicted octanol–water partition coefficient (Wildman–Crippen LogP) is 10.0. The Morgan fingerprint density at radius 1 is 0.800 bits per heavy atom. The molecular formula is C34H43F. The molecule has 0 nitrogen and oxygen atoms in total. The van der Waals surface area contributed by atoms with Gasteiger partial charge in [0.05, 0.1) is 0 Å². The largest absolute Gasteiger partial charge is 0.206 e. The van der Waals surface area contributed by atoms with Crippen LogP contribution in [0.25, 0.3) is 5.57 Å². The first-order valence-electron chi connectivity index (χ1n) is 14.3. The lowest BCUT2D eigenvalue weighted by Gasteiger charge is -2.37. The molecule has 0 aromatic heterocycles. The van der Waals surface area contributed by atoms with E-state index in [1.165, 1.54) is 73.6 Å². The van der Waals surface area contributed by atoms with Crippen LogP contribution in [0.1, 0.15) is 112 Å². The Morgan fingerprint density at radius 3 is 2.03 bits per heavy atom. The second-order valence-corrected chi connectivity index (χ2v) is 11.6. The van der Waals surface area contributed by atoms with E-state index in [0.717, 1.165) is 49.0 Å². The molecule has 5 rings (SSSR count). The Hall–Kier alpha value is -2.15. The smallest absolute Gasteiger partial charge is 0.130 e. The fourth-order valence-corrected chi connectivity index (χ4v) is 7.23. The SMILES string of the molecule is C=CC1CCC(C2CCC(c3ccc(C4=CCC(c5ccc(CC)cc5)CC4)c(F)c3)CC2)CC1. The molecule has 1 atom stereocenters. The van der Waals surface area contributed by atoms with Crippen molar-refractivity contribution in [2.45, 2.75) is 95.8 Å². The van der Waals surface area contributed by atoms with Gasteiger partial charge in [-0.25, -0.2) is 4.39 Å². The molecule has 1 heteroatoms. The molecule has 2 aromatic carbocycles. The molecule has 3 aliphatic rings. The molecule has 0 N–H and O–H groups in total. The minimum absolute atomic E-state index is 0.00984. The lowest BCUT2D eigenvalue weighted by molar-refractivity contribution is 0.171. The second kappa shape index (κ2) is 11.3. The van der Waals surface area contributed by atoms with E-state index < -0.39 is 0 Å². The zero-order valence-corrected chi connectivity index (χ0v) is 21.7. The predicted molar refractivity (Wildman–Crippen MR) is 147 cm³/mol. The lowest BCUT2D eigenvalue weighted by atomic mass is 9.68. The summed E-state index contributed by atoms with van der Waals surface area (Å²) in [7, 11) is 0. The summed E-state index contributed by atoms with van der Waals surface area (Å²) in [5.41, 5.74) is 6.09. The zero-order chi connectivity index (χ0) is 24.2. The fourth-order valence-electron chi connectivity index (χ4n) is 7.23. The third-order valence-corrected chi connectivity index (χ3v) is 9.67. The van der Waals surface area contributed by atoms with Crippen LogP contribution in [0.4, 0.5) is 4.39 Å². The molecule has 0 aliphatic heterocycles. The summed E-state index contributed by atoms with van der Waals surface area (Å²) in [4.78, 5) is 0. The van der Waals surface area contributed by atoms with Gasteiger partial charge in [0.1, 0.15) is 5.82 Å². The van der Waals surface area contributed by atoms with E-state index in [-0.39, 0.29) is 5.82 Å². The number of aryl methyl sites for hydroxylation is 1. The minimum Gasteiger partial charge on any atom is -0.206 e. The summed E-state index contributed by atoms with van der Waals surface area (Å²) in [6.07, 6.45) is 19.2. The zero-order valence-electron chi connectivity index (χ0n) is 21.7. The number of rotatable bonds is 6. The topological polar surface area (TPSA) is 0 Å². The van der Waals surface area contributed by atoms with Crippen LogP contribution < -0.4 is 0 Å². The summed E-state index contributed by atoms with van der Waals surface area (Å²) < 4.78 is 15.3. The van der Waals surface area contributed by atoms with Crippen LogP contribution >= 0.6 is 0 Å². The highest BCUT2D eigenvalue weighted by Crippen LogP contribution is 2.44. The van der Waals surface area contributed by atoms with Gasteiger partial charge in [0, 0.05) is 5.56 Å². The average molecular weight is 471 g/mol. The van der Waals surface area contributed by atoms with E-state index in [9.17, 15) is 0 Å². The maximum atomic E-state index is 15.3. The van der Waals surface area contributed by atoms with Gasteiger partial charge in [-0.2, -0.15) is 0 Å². The van der Waals surface area contributed by atoms with E-state index in [1.54, 1.807) is 0 Å². The van der Waals surface area contributed by atoms with Crippen molar-refractivity contribution in [1.29, 1.82) is 0 Å².